The van der Waals surface area contributed by atoms with Gasteiger partial charge in [-0.05, 0) is 29.8 Å². The maximum atomic E-state index is 12.6. The number of amides is 1. The van der Waals surface area contributed by atoms with E-state index in [-0.39, 0.29) is 12.3 Å². The summed E-state index contributed by atoms with van der Waals surface area (Å²) in [5, 5.41) is 2.72. The fourth-order valence-electron chi connectivity index (χ4n) is 2.56. The van der Waals surface area contributed by atoms with Crippen LogP contribution < -0.4 is 5.32 Å². The highest BCUT2D eigenvalue weighted by Crippen LogP contribution is 2.22. The van der Waals surface area contributed by atoms with Crippen LogP contribution in [-0.2, 0) is 16.0 Å². The number of benzene rings is 1. The predicted molar refractivity (Wildman–Crippen MR) is 89.4 cm³/mol. The molecule has 0 saturated carbocycles. The third-order valence-corrected chi connectivity index (χ3v) is 3.66. The normalized spacial score (nSPS) is 11.4. The Bertz CT molecular complexity index is 768. The summed E-state index contributed by atoms with van der Waals surface area (Å²) in [5.41, 5.74) is 3.24. The molecule has 2 N–H and O–H groups in total. The van der Waals surface area contributed by atoms with Crippen LogP contribution in [-0.4, -0.2) is 35.0 Å². The molecule has 0 aliphatic rings. The van der Waals surface area contributed by atoms with Crippen molar-refractivity contribution in [3.8, 4) is 6.57 Å². The maximum Gasteiger partial charge on any atom is 0.340 e. The smallest absolute Gasteiger partial charge is 0.340 e. The number of nitrogens with one attached hydrogen (secondary N) is 2. The number of aromatic nitrogens is 2. The number of esters is 1. The Balaban J connectivity index is 2.25. The van der Waals surface area contributed by atoms with E-state index >= 15 is 0 Å². The molecule has 2 aromatic rings. The van der Waals surface area contributed by atoms with Crippen molar-refractivity contribution in [2.24, 2.45) is 0 Å². The summed E-state index contributed by atoms with van der Waals surface area (Å²) in [7, 11) is 1.28. The Hall–Kier alpha value is -3.14. The minimum absolute atomic E-state index is 0.257. The molecule has 7 nitrogen and oxygen atoms in total. The van der Waals surface area contributed by atoms with Gasteiger partial charge in [0.2, 0.25) is 0 Å². The van der Waals surface area contributed by atoms with Crippen LogP contribution in [0.2, 0.25) is 0 Å². The van der Waals surface area contributed by atoms with E-state index in [2.05, 4.69) is 20.1 Å². The highest BCUT2D eigenvalue weighted by atomic mass is 16.5. The molecule has 124 valence electrons. The number of H-pyrrole nitrogens is 1. The number of hydrogen-bond donors (Lipinski definition) is 2. The van der Waals surface area contributed by atoms with Gasteiger partial charge in [-0.3, -0.25) is 4.79 Å². The number of carbonyl (C=O) groups excluding carboxylic acids is 2. The predicted octanol–water partition coefficient (Wildman–Crippen LogP) is 2.13. The van der Waals surface area contributed by atoms with Gasteiger partial charge in [-0.1, -0.05) is 0 Å². The largest absolute Gasteiger partial charge is 0.467 e. The number of nitrogens with zero attached hydrogens (tertiary/aromatic N) is 2. The van der Waals surface area contributed by atoms with Crippen LogP contribution in [0.25, 0.3) is 4.85 Å². The monoisotopic (exact) mass is 327 g/mol. The summed E-state index contributed by atoms with van der Waals surface area (Å²) >= 11 is 0. The Morgan fingerprint density at radius 2 is 2.04 bits per heavy atom. The molecule has 7 heteroatoms. The minimum atomic E-state index is -0.819. The van der Waals surface area contributed by atoms with Gasteiger partial charge in [0.05, 0.1) is 13.4 Å². The first-order valence-electron chi connectivity index (χ1n) is 7.34. The molecular weight excluding hydrogens is 308 g/mol. The molecule has 1 atom stereocenters. The standard InChI is InChI=1S/C17H18N4O3/c1-10-5-12(18-3)6-11(2)15(10)16(22)21-14(17(23)24-4)7-13-8-19-9-20-13/h3,5-6,8-9,14H,7H2,1-2,4H3,(H-,19,20,21,22)/p+1/t14-/m1/s1. The topological polar surface area (TPSA) is 88.4 Å². The second kappa shape index (κ2) is 7.42. The molecule has 0 spiro atoms. The summed E-state index contributed by atoms with van der Waals surface area (Å²) < 4.78 is 4.78. The van der Waals surface area contributed by atoms with E-state index in [9.17, 15) is 9.59 Å². The maximum absolute atomic E-state index is 12.6. The number of imidazole rings is 1. The van der Waals surface area contributed by atoms with Crippen molar-refractivity contribution in [2.45, 2.75) is 26.3 Å². The summed E-state index contributed by atoms with van der Waals surface area (Å²) in [5.74, 6) is -0.884. The average molecular weight is 327 g/mol. The molecule has 0 fully saturated rings. The molecule has 1 aromatic carbocycles. The van der Waals surface area contributed by atoms with Gasteiger partial charge < -0.3 is 15.0 Å². The summed E-state index contributed by atoms with van der Waals surface area (Å²) in [6, 6.07) is 2.61. The fourth-order valence-corrected chi connectivity index (χ4v) is 2.56. The molecule has 0 radical (unpaired) electrons. The number of aromatic amines is 1. The first-order chi connectivity index (χ1) is 11.5. The lowest BCUT2D eigenvalue weighted by Crippen LogP contribution is -2.43. The second-order valence-electron chi connectivity index (χ2n) is 5.41. The van der Waals surface area contributed by atoms with Crippen molar-refractivity contribution in [3.63, 3.8) is 0 Å². The summed E-state index contributed by atoms with van der Waals surface area (Å²) in [4.78, 5) is 35.0. The molecule has 2 rings (SSSR count). The van der Waals surface area contributed by atoms with E-state index in [1.165, 1.54) is 13.4 Å². The Kier molecular flexibility index (Phi) is 5.32. The molecule has 0 aliphatic heterocycles. The lowest BCUT2D eigenvalue weighted by Gasteiger charge is -2.17. The number of methoxy groups -OCH3 is 1. The van der Waals surface area contributed by atoms with E-state index in [1.54, 1.807) is 32.2 Å². The molecule has 24 heavy (non-hydrogen) atoms. The van der Waals surface area contributed by atoms with Crippen molar-refractivity contribution >= 4 is 17.6 Å². The van der Waals surface area contributed by atoms with Crippen molar-refractivity contribution < 1.29 is 14.3 Å². The number of ether oxygens (including phenoxy) is 1. The van der Waals surface area contributed by atoms with Crippen LogP contribution in [0.4, 0.5) is 5.69 Å². The van der Waals surface area contributed by atoms with Crippen molar-refractivity contribution in [1.29, 1.82) is 0 Å². The van der Waals surface area contributed by atoms with Crippen molar-refractivity contribution in [2.75, 3.05) is 7.11 Å². The molecule has 0 aliphatic carbocycles. The third kappa shape index (κ3) is 3.79. The number of hydrogen-bond acceptors (Lipinski definition) is 4. The molecule has 1 amide bonds. The van der Waals surface area contributed by atoms with Crippen molar-refractivity contribution in [3.05, 3.63) is 51.9 Å². The van der Waals surface area contributed by atoms with Crippen LogP contribution in [0.1, 0.15) is 27.2 Å². The van der Waals surface area contributed by atoms with Gasteiger partial charge in [-0.25, -0.2) is 9.78 Å². The van der Waals surface area contributed by atoms with Gasteiger partial charge in [0.15, 0.2) is 0 Å². The summed E-state index contributed by atoms with van der Waals surface area (Å²) in [6.45, 7) is 8.86. The molecule has 0 bridgehead atoms. The quantitative estimate of drug-likeness (QED) is 0.824. The van der Waals surface area contributed by atoms with E-state index in [4.69, 9.17) is 11.3 Å². The highest BCUT2D eigenvalue weighted by Gasteiger charge is 2.25. The first kappa shape index (κ1) is 17.2. The van der Waals surface area contributed by atoms with Crippen LogP contribution in [0.5, 0.6) is 0 Å². The minimum Gasteiger partial charge on any atom is -0.467 e. The number of rotatable bonds is 5. The number of aryl methyl sites for hydroxylation is 2. The zero-order valence-electron chi connectivity index (χ0n) is 13.8. The molecule has 0 unspecified atom stereocenters. The van der Waals surface area contributed by atoms with Crippen LogP contribution in [0.3, 0.4) is 0 Å². The zero-order chi connectivity index (χ0) is 17.7. The van der Waals surface area contributed by atoms with Gasteiger partial charge in [-0.2, -0.15) is 0 Å². The Morgan fingerprint density at radius 3 is 2.54 bits per heavy atom. The molecule has 1 aromatic heterocycles. The van der Waals surface area contributed by atoms with E-state index in [0.29, 0.717) is 11.3 Å². The van der Waals surface area contributed by atoms with E-state index in [0.717, 1.165) is 16.8 Å². The van der Waals surface area contributed by atoms with Gasteiger partial charge in [0.25, 0.3) is 12.5 Å². The van der Waals surface area contributed by atoms with Crippen molar-refractivity contribution in [1.82, 2.24) is 15.3 Å². The lowest BCUT2D eigenvalue weighted by molar-refractivity contribution is -0.142. The average Bonchev–Trinajstić information content (AvgIpc) is 3.05. The van der Waals surface area contributed by atoms with Gasteiger partial charge >= 0.3 is 11.7 Å². The first-order valence-corrected chi connectivity index (χ1v) is 7.34. The lowest BCUT2D eigenvalue weighted by atomic mass is 10.0. The molecular formula is C17H19N4O3+. The van der Waals surface area contributed by atoms with E-state index < -0.39 is 12.0 Å². The van der Waals surface area contributed by atoms with Crippen LogP contribution in [0, 0.1) is 20.4 Å². The van der Waals surface area contributed by atoms with Gasteiger partial charge in [0.1, 0.15) is 6.04 Å². The molecule has 1 heterocycles. The SMILES string of the molecule is C#[N+]c1cc(C)c(C(=O)N[C@H](Cc2cnc[nH]2)C(=O)OC)c(C)c1. The molecule has 0 saturated heterocycles. The van der Waals surface area contributed by atoms with Gasteiger partial charge in [0, 0.05) is 36.0 Å². The zero-order valence-corrected chi connectivity index (χ0v) is 13.8. The van der Waals surface area contributed by atoms with Crippen LogP contribution in [0.15, 0.2) is 24.7 Å². The van der Waals surface area contributed by atoms with E-state index in [1.807, 2.05) is 0 Å². The summed E-state index contributed by atoms with van der Waals surface area (Å²) in [6.07, 6.45) is 3.36. The number of carbonyl (C=O) groups is 2. The Morgan fingerprint density at radius 1 is 1.38 bits per heavy atom. The third-order valence-electron chi connectivity index (χ3n) is 3.66. The van der Waals surface area contributed by atoms with Gasteiger partial charge in [-0.15, -0.1) is 0 Å². The Labute approximate surface area is 139 Å². The second-order valence-corrected chi connectivity index (χ2v) is 5.41. The highest BCUT2D eigenvalue weighted by molar-refractivity contribution is 5.99. The fraction of sp³-hybridized carbons (Fsp3) is 0.294. The van der Waals surface area contributed by atoms with Crippen LogP contribution >= 0.6 is 0 Å².